The summed E-state index contributed by atoms with van der Waals surface area (Å²) in [4.78, 5) is 5.68. The van der Waals surface area contributed by atoms with Gasteiger partial charge in [0.1, 0.15) is 0 Å². The molecule has 2 heterocycles. The Morgan fingerprint density at radius 2 is 2.16 bits per heavy atom. The van der Waals surface area contributed by atoms with E-state index in [0.29, 0.717) is 4.75 Å². The van der Waals surface area contributed by atoms with E-state index in [2.05, 4.69) is 53.3 Å². The van der Waals surface area contributed by atoms with Crippen molar-refractivity contribution >= 4 is 28.1 Å². The number of fused-ring (bicyclic) bond motifs is 1. The van der Waals surface area contributed by atoms with Crippen molar-refractivity contribution in [2.75, 3.05) is 12.8 Å². The first kappa shape index (κ1) is 14.9. The smallest absolute Gasteiger partial charge is 0.194 e. The van der Waals surface area contributed by atoms with Gasteiger partial charge in [-0.05, 0) is 26.0 Å². The minimum atomic E-state index is 0.367. The number of hydrogen-bond acceptors (Lipinski definition) is 4. The average molecular weight is 297 g/mol. The fourth-order valence-electron chi connectivity index (χ4n) is 2.42. The molecule has 1 N–H and O–H groups in total. The molecule has 0 saturated carbocycles. The monoisotopic (exact) mass is 297 g/mol. The Balaban J connectivity index is 2.02. The average Bonchev–Trinajstić information content (AvgIpc) is 2.98. The molecule has 2 aromatic rings. The summed E-state index contributed by atoms with van der Waals surface area (Å²) in [6, 6.07) is 0. The van der Waals surface area contributed by atoms with Gasteiger partial charge in [0, 0.05) is 29.4 Å². The van der Waals surface area contributed by atoms with Gasteiger partial charge in [-0.2, -0.15) is 11.8 Å². The molecule has 106 valence electrons. The van der Waals surface area contributed by atoms with Gasteiger partial charge in [-0.3, -0.25) is 4.40 Å². The van der Waals surface area contributed by atoms with Crippen molar-refractivity contribution < 1.29 is 0 Å². The number of rotatable bonds is 7. The molecule has 0 aliphatic carbocycles. The fourth-order valence-corrected chi connectivity index (χ4v) is 4.03. The first-order chi connectivity index (χ1) is 9.15. The van der Waals surface area contributed by atoms with E-state index < -0.39 is 0 Å². The highest BCUT2D eigenvalue weighted by atomic mass is 32.2. The Bertz CT molecular complexity index is 517. The zero-order valence-corrected chi connectivity index (χ0v) is 13.8. The number of aromatic nitrogens is 2. The predicted octanol–water partition coefficient (Wildman–Crippen LogP) is 3.72. The Hall–Kier alpha value is -0.520. The molecule has 0 radical (unpaired) electrons. The molecule has 3 nitrogen and oxygen atoms in total. The van der Waals surface area contributed by atoms with Crippen molar-refractivity contribution in [3.63, 3.8) is 0 Å². The van der Waals surface area contributed by atoms with Crippen LogP contribution in [0.2, 0.25) is 0 Å². The Labute approximate surface area is 123 Å². The topological polar surface area (TPSA) is 29.3 Å². The lowest BCUT2D eigenvalue weighted by Gasteiger charge is -2.30. The summed E-state index contributed by atoms with van der Waals surface area (Å²) in [6.07, 6.45) is 6.74. The van der Waals surface area contributed by atoms with Gasteiger partial charge < -0.3 is 5.32 Å². The SMILES string of the molecule is CCC(CC)(CNCc1c(C)nc2sccn12)SC. The van der Waals surface area contributed by atoms with E-state index >= 15 is 0 Å². The lowest BCUT2D eigenvalue weighted by Crippen LogP contribution is -2.36. The van der Waals surface area contributed by atoms with Gasteiger partial charge in [-0.1, -0.05) is 13.8 Å². The molecule has 19 heavy (non-hydrogen) atoms. The van der Waals surface area contributed by atoms with Crippen molar-refractivity contribution in [3.05, 3.63) is 23.0 Å². The summed E-state index contributed by atoms with van der Waals surface area (Å²) >= 11 is 3.68. The first-order valence-corrected chi connectivity index (χ1v) is 8.93. The maximum absolute atomic E-state index is 4.58. The molecule has 0 saturated heterocycles. The summed E-state index contributed by atoms with van der Waals surface area (Å²) in [5.74, 6) is 0. The normalized spacial score (nSPS) is 12.4. The van der Waals surface area contributed by atoms with Crippen molar-refractivity contribution in [2.45, 2.75) is 44.9 Å². The molecule has 0 aliphatic heterocycles. The van der Waals surface area contributed by atoms with Crippen LogP contribution in [0.3, 0.4) is 0 Å². The van der Waals surface area contributed by atoms with Gasteiger partial charge in [0.2, 0.25) is 0 Å². The molecular weight excluding hydrogens is 274 g/mol. The van der Waals surface area contributed by atoms with Gasteiger partial charge in [0.05, 0.1) is 11.4 Å². The number of imidazole rings is 1. The van der Waals surface area contributed by atoms with E-state index in [0.717, 1.165) is 23.7 Å². The van der Waals surface area contributed by atoms with Crippen LogP contribution in [-0.2, 0) is 6.54 Å². The summed E-state index contributed by atoms with van der Waals surface area (Å²) in [6.45, 7) is 8.61. The number of hydrogen-bond donors (Lipinski definition) is 1. The van der Waals surface area contributed by atoms with Crippen molar-refractivity contribution in [1.29, 1.82) is 0 Å². The van der Waals surface area contributed by atoms with E-state index in [-0.39, 0.29) is 0 Å². The van der Waals surface area contributed by atoms with Crippen molar-refractivity contribution in [1.82, 2.24) is 14.7 Å². The lowest BCUT2D eigenvalue weighted by molar-refractivity contribution is 0.492. The fraction of sp³-hybridized carbons (Fsp3) is 0.643. The van der Waals surface area contributed by atoms with E-state index in [1.807, 2.05) is 11.8 Å². The second-order valence-electron chi connectivity index (χ2n) is 4.90. The van der Waals surface area contributed by atoms with Crippen LogP contribution in [0.5, 0.6) is 0 Å². The van der Waals surface area contributed by atoms with Crippen LogP contribution in [0.4, 0.5) is 0 Å². The van der Waals surface area contributed by atoms with Crippen LogP contribution in [0.25, 0.3) is 4.96 Å². The number of thiazole rings is 1. The third-order valence-electron chi connectivity index (χ3n) is 4.02. The molecule has 0 bridgehead atoms. The van der Waals surface area contributed by atoms with E-state index in [9.17, 15) is 0 Å². The van der Waals surface area contributed by atoms with Gasteiger partial charge >= 0.3 is 0 Å². The standard InChI is InChI=1S/C14H23N3S2/c1-5-14(6-2,18-4)10-15-9-12-11(3)16-13-17(12)7-8-19-13/h7-8,15H,5-6,9-10H2,1-4H3. The molecule has 0 fully saturated rings. The van der Waals surface area contributed by atoms with Gasteiger partial charge in [0.15, 0.2) is 4.96 Å². The maximum atomic E-state index is 4.58. The molecule has 0 spiro atoms. The third kappa shape index (κ3) is 2.98. The first-order valence-electron chi connectivity index (χ1n) is 6.82. The highest BCUT2D eigenvalue weighted by Gasteiger charge is 2.24. The van der Waals surface area contributed by atoms with Crippen LogP contribution in [-0.4, -0.2) is 26.9 Å². The van der Waals surface area contributed by atoms with E-state index in [4.69, 9.17) is 0 Å². The third-order valence-corrected chi connectivity index (χ3v) is 6.37. The molecular formula is C14H23N3S2. The molecule has 0 unspecified atom stereocenters. The molecule has 2 aromatic heterocycles. The Morgan fingerprint density at radius 3 is 2.79 bits per heavy atom. The molecule has 0 aliphatic rings. The maximum Gasteiger partial charge on any atom is 0.194 e. The number of nitrogens with zero attached hydrogens (tertiary/aromatic N) is 2. The van der Waals surface area contributed by atoms with Crippen LogP contribution in [0, 0.1) is 6.92 Å². The van der Waals surface area contributed by atoms with Crippen LogP contribution in [0.15, 0.2) is 11.6 Å². The largest absolute Gasteiger partial charge is 0.310 e. The van der Waals surface area contributed by atoms with Gasteiger partial charge in [-0.25, -0.2) is 4.98 Å². The minimum Gasteiger partial charge on any atom is -0.310 e. The molecule has 0 amide bonds. The zero-order valence-electron chi connectivity index (χ0n) is 12.2. The molecule has 0 aromatic carbocycles. The number of nitrogens with one attached hydrogen (secondary N) is 1. The molecule has 0 atom stereocenters. The lowest BCUT2D eigenvalue weighted by atomic mass is 10.0. The number of thioether (sulfide) groups is 1. The second-order valence-corrected chi connectivity index (χ2v) is 7.04. The van der Waals surface area contributed by atoms with E-state index in [1.54, 1.807) is 11.3 Å². The highest BCUT2D eigenvalue weighted by molar-refractivity contribution is 8.00. The highest BCUT2D eigenvalue weighted by Crippen LogP contribution is 2.29. The van der Waals surface area contributed by atoms with Crippen LogP contribution >= 0.6 is 23.1 Å². The minimum absolute atomic E-state index is 0.367. The summed E-state index contributed by atoms with van der Waals surface area (Å²) in [7, 11) is 0. The van der Waals surface area contributed by atoms with Gasteiger partial charge in [-0.15, -0.1) is 11.3 Å². The van der Waals surface area contributed by atoms with Crippen molar-refractivity contribution in [3.8, 4) is 0 Å². The summed E-state index contributed by atoms with van der Waals surface area (Å²) < 4.78 is 2.57. The summed E-state index contributed by atoms with van der Waals surface area (Å²) in [5, 5.41) is 5.72. The van der Waals surface area contributed by atoms with Gasteiger partial charge in [0.25, 0.3) is 0 Å². The van der Waals surface area contributed by atoms with E-state index in [1.165, 1.54) is 18.5 Å². The molecule has 2 rings (SSSR count). The molecule has 5 heteroatoms. The quantitative estimate of drug-likeness (QED) is 0.844. The predicted molar refractivity (Wildman–Crippen MR) is 86.3 cm³/mol. The second kappa shape index (κ2) is 6.29. The van der Waals surface area contributed by atoms with Crippen LogP contribution in [0.1, 0.15) is 38.1 Å². The Kier molecular flexibility index (Phi) is 4.92. The van der Waals surface area contributed by atoms with Crippen LogP contribution < -0.4 is 5.32 Å². The zero-order chi connectivity index (χ0) is 13.9. The van der Waals surface area contributed by atoms with Crippen molar-refractivity contribution in [2.24, 2.45) is 0 Å². The summed E-state index contributed by atoms with van der Waals surface area (Å²) in [5.41, 5.74) is 2.43. The number of aryl methyl sites for hydroxylation is 1. The Morgan fingerprint density at radius 1 is 1.42 bits per heavy atom.